The van der Waals surface area contributed by atoms with E-state index in [2.05, 4.69) is 13.8 Å². The fourth-order valence-corrected chi connectivity index (χ4v) is 3.62. The SMILES string of the molecule is CCCC(CCC)c1cc(O)c(C(=N)N)c2c1CCC2. The van der Waals surface area contributed by atoms with Gasteiger partial charge in [-0.3, -0.25) is 5.41 Å². The van der Waals surface area contributed by atoms with Crippen molar-refractivity contribution in [3.8, 4) is 5.75 Å². The minimum absolute atomic E-state index is 0.00488. The summed E-state index contributed by atoms with van der Waals surface area (Å²) in [7, 11) is 0. The Morgan fingerprint density at radius 1 is 1.25 bits per heavy atom. The number of nitrogen functional groups attached to an aromatic ring is 1. The molecule has 0 bridgehead atoms. The molecule has 20 heavy (non-hydrogen) atoms. The molecule has 0 amide bonds. The molecule has 3 nitrogen and oxygen atoms in total. The van der Waals surface area contributed by atoms with Crippen molar-refractivity contribution in [2.24, 2.45) is 5.73 Å². The second-order valence-electron chi connectivity index (χ2n) is 5.86. The molecule has 0 saturated carbocycles. The Hall–Kier alpha value is -1.51. The van der Waals surface area contributed by atoms with Crippen LogP contribution in [0.5, 0.6) is 5.75 Å². The molecule has 0 unspecified atom stereocenters. The quantitative estimate of drug-likeness (QED) is 0.544. The fourth-order valence-electron chi connectivity index (χ4n) is 3.62. The maximum absolute atomic E-state index is 10.3. The number of amidine groups is 1. The third kappa shape index (κ3) is 2.67. The van der Waals surface area contributed by atoms with Gasteiger partial charge in [0, 0.05) is 0 Å². The zero-order valence-corrected chi connectivity index (χ0v) is 12.6. The van der Waals surface area contributed by atoms with E-state index in [9.17, 15) is 5.11 Å². The summed E-state index contributed by atoms with van der Waals surface area (Å²) in [5.74, 6) is 0.726. The first-order valence-electron chi connectivity index (χ1n) is 7.82. The predicted molar refractivity (Wildman–Crippen MR) is 83.7 cm³/mol. The van der Waals surface area contributed by atoms with Gasteiger partial charge in [-0.25, -0.2) is 0 Å². The van der Waals surface area contributed by atoms with E-state index in [1.54, 1.807) is 0 Å². The normalized spacial score (nSPS) is 13.8. The zero-order valence-electron chi connectivity index (χ0n) is 12.6. The van der Waals surface area contributed by atoms with Gasteiger partial charge >= 0.3 is 0 Å². The third-order valence-corrected chi connectivity index (χ3v) is 4.40. The van der Waals surface area contributed by atoms with E-state index in [0.717, 1.165) is 37.7 Å². The minimum atomic E-state index is -0.00488. The Labute approximate surface area is 121 Å². The van der Waals surface area contributed by atoms with Crippen molar-refractivity contribution in [2.45, 2.75) is 64.7 Å². The van der Waals surface area contributed by atoms with Crippen molar-refractivity contribution in [3.63, 3.8) is 0 Å². The summed E-state index contributed by atoms with van der Waals surface area (Å²) in [6.45, 7) is 4.43. The molecule has 2 rings (SSSR count). The Balaban J connectivity index is 2.52. The number of nitrogens with two attached hydrogens (primary N) is 1. The Morgan fingerprint density at radius 3 is 2.40 bits per heavy atom. The maximum atomic E-state index is 10.3. The predicted octanol–water partition coefficient (Wildman–Crippen LogP) is 3.85. The van der Waals surface area contributed by atoms with Gasteiger partial charge in [0.2, 0.25) is 0 Å². The van der Waals surface area contributed by atoms with Crippen LogP contribution in [-0.4, -0.2) is 10.9 Å². The van der Waals surface area contributed by atoms with Gasteiger partial charge in [-0.1, -0.05) is 26.7 Å². The first-order chi connectivity index (χ1) is 9.60. The molecule has 110 valence electrons. The van der Waals surface area contributed by atoms with E-state index in [0.29, 0.717) is 11.5 Å². The van der Waals surface area contributed by atoms with Gasteiger partial charge in [0.05, 0.1) is 5.56 Å². The van der Waals surface area contributed by atoms with E-state index in [4.69, 9.17) is 11.1 Å². The number of benzene rings is 1. The lowest BCUT2D eigenvalue weighted by atomic mass is 9.84. The van der Waals surface area contributed by atoms with E-state index in [-0.39, 0.29) is 11.6 Å². The number of nitrogens with one attached hydrogen (secondary N) is 1. The molecular weight excluding hydrogens is 248 g/mol. The van der Waals surface area contributed by atoms with Crippen LogP contribution in [-0.2, 0) is 12.8 Å². The standard InChI is InChI=1S/C17H26N2O/c1-3-6-11(7-4-2)14-10-15(20)16(17(18)19)13-9-5-8-12(13)14/h10-11,20H,3-9H2,1-2H3,(H3,18,19). The highest BCUT2D eigenvalue weighted by atomic mass is 16.3. The topological polar surface area (TPSA) is 70.1 Å². The molecule has 0 saturated heterocycles. The minimum Gasteiger partial charge on any atom is -0.507 e. The Morgan fingerprint density at radius 2 is 1.85 bits per heavy atom. The number of aromatic hydroxyl groups is 1. The number of rotatable bonds is 6. The molecular formula is C17H26N2O. The third-order valence-electron chi connectivity index (χ3n) is 4.40. The number of fused-ring (bicyclic) bond motifs is 1. The van der Waals surface area contributed by atoms with E-state index < -0.39 is 0 Å². The summed E-state index contributed by atoms with van der Waals surface area (Å²) >= 11 is 0. The van der Waals surface area contributed by atoms with Crippen molar-refractivity contribution in [1.29, 1.82) is 5.41 Å². The summed E-state index contributed by atoms with van der Waals surface area (Å²) in [6.07, 6.45) is 7.77. The molecule has 0 atom stereocenters. The summed E-state index contributed by atoms with van der Waals surface area (Å²) in [5, 5.41) is 18.0. The monoisotopic (exact) mass is 274 g/mol. The molecule has 0 aliphatic heterocycles. The van der Waals surface area contributed by atoms with Gasteiger partial charge in [0.25, 0.3) is 0 Å². The molecule has 4 N–H and O–H groups in total. The second kappa shape index (κ2) is 6.29. The molecule has 1 aliphatic rings. The van der Waals surface area contributed by atoms with Crippen molar-refractivity contribution < 1.29 is 5.11 Å². The summed E-state index contributed by atoms with van der Waals surface area (Å²) < 4.78 is 0. The number of phenolic OH excluding ortho intramolecular Hbond substituents is 1. The number of hydrogen-bond donors (Lipinski definition) is 3. The second-order valence-corrected chi connectivity index (χ2v) is 5.86. The summed E-state index contributed by atoms with van der Waals surface area (Å²) in [4.78, 5) is 0. The molecule has 0 radical (unpaired) electrons. The van der Waals surface area contributed by atoms with E-state index >= 15 is 0 Å². The Bertz CT molecular complexity index is 502. The Kier molecular flexibility index (Phi) is 4.69. The van der Waals surface area contributed by atoms with Crippen LogP contribution in [0.15, 0.2) is 6.07 Å². The molecule has 0 heterocycles. The van der Waals surface area contributed by atoms with Gasteiger partial charge in [0.1, 0.15) is 11.6 Å². The highest BCUT2D eigenvalue weighted by Crippen LogP contribution is 2.40. The zero-order chi connectivity index (χ0) is 14.7. The van der Waals surface area contributed by atoms with E-state index in [1.165, 1.54) is 24.0 Å². The molecule has 1 aliphatic carbocycles. The highest BCUT2D eigenvalue weighted by molar-refractivity contribution is 5.99. The van der Waals surface area contributed by atoms with E-state index in [1.807, 2.05) is 6.07 Å². The van der Waals surface area contributed by atoms with Crippen LogP contribution >= 0.6 is 0 Å². The molecule has 1 aromatic carbocycles. The van der Waals surface area contributed by atoms with Crippen LogP contribution in [0, 0.1) is 5.41 Å². The van der Waals surface area contributed by atoms with Crippen molar-refractivity contribution >= 4 is 5.84 Å². The summed E-state index contributed by atoms with van der Waals surface area (Å²) in [5.41, 5.74) is 10.0. The summed E-state index contributed by atoms with van der Waals surface area (Å²) in [6, 6.07) is 1.89. The lowest BCUT2D eigenvalue weighted by Gasteiger charge is -2.22. The van der Waals surface area contributed by atoms with Crippen LogP contribution in [0.4, 0.5) is 0 Å². The van der Waals surface area contributed by atoms with Crippen LogP contribution in [0.25, 0.3) is 0 Å². The first-order valence-corrected chi connectivity index (χ1v) is 7.82. The van der Waals surface area contributed by atoms with Gasteiger partial charge in [0.15, 0.2) is 0 Å². The largest absolute Gasteiger partial charge is 0.507 e. The number of phenols is 1. The average molecular weight is 274 g/mol. The van der Waals surface area contributed by atoms with Crippen molar-refractivity contribution in [2.75, 3.05) is 0 Å². The van der Waals surface area contributed by atoms with Gasteiger partial charge in [-0.05, 0) is 60.8 Å². The smallest absolute Gasteiger partial charge is 0.127 e. The van der Waals surface area contributed by atoms with Crippen LogP contribution in [0.3, 0.4) is 0 Å². The molecule has 1 aromatic rings. The lowest BCUT2D eigenvalue weighted by molar-refractivity contribution is 0.469. The average Bonchev–Trinajstić information content (AvgIpc) is 2.85. The number of hydrogen-bond acceptors (Lipinski definition) is 2. The maximum Gasteiger partial charge on any atom is 0.127 e. The van der Waals surface area contributed by atoms with Crippen molar-refractivity contribution in [3.05, 3.63) is 28.3 Å². The molecule has 0 spiro atoms. The lowest BCUT2D eigenvalue weighted by Crippen LogP contribution is -2.15. The van der Waals surface area contributed by atoms with Crippen LogP contribution in [0.1, 0.15) is 74.1 Å². The van der Waals surface area contributed by atoms with Gasteiger partial charge < -0.3 is 10.8 Å². The van der Waals surface area contributed by atoms with Gasteiger partial charge in [-0.2, -0.15) is 0 Å². The molecule has 0 aromatic heterocycles. The van der Waals surface area contributed by atoms with Crippen LogP contribution in [0.2, 0.25) is 0 Å². The molecule has 0 fully saturated rings. The molecule has 3 heteroatoms. The van der Waals surface area contributed by atoms with Gasteiger partial charge in [-0.15, -0.1) is 0 Å². The fraction of sp³-hybridized carbons (Fsp3) is 0.588. The first kappa shape index (κ1) is 14.9. The van der Waals surface area contributed by atoms with Crippen LogP contribution < -0.4 is 5.73 Å². The van der Waals surface area contributed by atoms with Crippen molar-refractivity contribution in [1.82, 2.24) is 0 Å². The highest BCUT2D eigenvalue weighted by Gasteiger charge is 2.26.